The number of methoxy groups -OCH3 is 1. The van der Waals surface area contributed by atoms with Crippen molar-refractivity contribution in [1.29, 1.82) is 0 Å². The number of aromatic nitrogens is 3. The minimum Gasteiger partial charge on any atom is -0.609 e. The van der Waals surface area contributed by atoms with Crippen molar-refractivity contribution in [2.75, 3.05) is 20.3 Å². The van der Waals surface area contributed by atoms with Crippen LogP contribution in [0.4, 0.5) is 13.2 Å². The van der Waals surface area contributed by atoms with Gasteiger partial charge in [0.2, 0.25) is 0 Å². The molecule has 0 spiro atoms. The number of benzene rings is 1. The molecular weight excluding hydrogens is 423 g/mol. The van der Waals surface area contributed by atoms with Gasteiger partial charge < -0.3 is 18.8 Å². The van der Waals surface area contributed by atoms with E-state index in [1.807, 2.05) is 6.92 Å². The SMILES string of the molecule is COCCCOc1ccnc(C[S@@+]([O-])c2nc3cc(OC(F)(F)F)ccc3[nH]2)c1C. The van der Waals surface area contributed by atoms with Crippen LogP contribution in [0.15, 0.2) is 35.6 Å². The molecule has 11 heteroatoms. The molecule has 3 rings (SSSR count). The van der Waals surface area contributed by atoms with Crippen molar-refractivity contribution in [3.05, 3.63) is 41.7 Å². The first-order valence-electron chi connectivity index (χ1n) is 8.97. The highest BCUT2D eigenvalue weighted by Crippen LogP contribution is 2.27. The van der Waals surface area contributed by atoms with Gasteiger partial charge in [0.25, 0.3) is 0 Å². The van der Waals surface area contributed by atoms with E-state index in [-0.39, 0.29) is 16.4 Å². The molecule has 1 aromatic carbocycles. The molecule has 0 radical (unpaired) electrons. The van der Waals surface area contributed by atoms with Crippen LogP contribution in [0.2, 0.25) is 0 Å². The Balaban J connectivity index is 1.72. The molecule has 2 heterocycles. The van der Waals surface area contributed by atoms with Crippen LogP contribution in [0.1, 0.15) is 17.7 Å². The number of alkyl halides is 3. The summed E-state index contributed by atoms with van der Waals surface area (Å²) in [6.45, 7) is 2.89. The zero-order valence-electron chi connectivity index (χ0n) is 16.3. The first kappa shape index (κ1) is 22.2. The van der Waals surface area contributed by atoms with E-state index in [0.717, 1.165) is 24.1 Å². The number of halogens is 3. The van der Waals surface area contributed by atoms with Gasteiger partial charge in [0.05, 0.1) is 23.3 Å². The maximum absolute atomic E-state index is 12.8. The number of hydrogen-bond donors (Lipinski definition) is 1. The summed E-state index contributed by atoms with van der Waals surface area (Å²) >= 11 is -1.59. The fourth-order valence-electron chi connectivity index (χ4n) is 2.71. The quantitative estimate of drug-likeness (QED) is 0.399. The van der Waals surface area contributed by atoms with Gasteiger partial charge in [0.15, 0.2) is 5.75 Å². The lowest BCUT2D eigenvalue weighted by molar-refractivity contribution is -0.274. The third kappa shape index (κ3) is 5.77. The molecule has 7 nitrogen and oxygen atoms in total. The van der Waals surface area contributed by atoms with Crippen molar-refractivity contribution in [1.82, 2.24) is 15.0 Å². The summed E-state index contributed by atoms with van der Waals surface area (Å²) in [6.07, 6.45) is -2.49. The molecule has 0 aliphatic carbocycles. The van der Waals surface area contributed by atoms with Crippen LogP contribution in [0.25, 0.3) is 11.0 Å². The average molecular weight is 443 g/mol. The number of ether oxygens (including phenoxy) is 3. The minimum absolute atomic E-state index is 0.0762. The Morgan fingerprint density at radius 3 is 2.73 bits per heavy atom. The second-order valence-electron chi connectivity index (χ2n) is 6.33. The predicted octanol–water partition coefficient (Wildman–Crippen LogP) is 3.89. The van der Waals surface area contributed by atoms with Gasteiger partial charge in [0.1, 0.15) is 11.5 Å². The first-order chi connectivity index (χ1) is 14.3. The van der Waals surface area contributed by atoms with Crippen LogP contribution in [-0.4, -0.2) is 46.2 Å². The van der Waals surface area contributed by atoms with Gasteiger partial charge in [-0.2, -0.15) is 4.98 Å². The topological polar surface area (TPSA) is 92.3 Å². The predicted molar refractivity (Wildman–Crippen MR) is 104 cm³/mol. The Bertz CT molecular complexity index is 997. The van der Waals surface area contributed by atoms with Gasteiger partial charge in [-0.3, -0.25) is 9.97 Å². The van der Waals surface area contributed by atoms with E-state index >= 15 is 0 Å². The number of pyridine rings is 1. The van der Waals surface area contributed by atoms with Crippen LogP contribution in [0.5, 0.6) is 11.5 Å². The fourth-order valence-corrected chi connectivity index (χ4v) is 3.81. The van der Waals surface area contributed by atoms with Crippen molar-refractivity contribution in [3.8, 4) is 11.5 Å². The molecular formula is C19H20F3N3O4S. The van der Waals surface area contributed by atoms with Gasteiger partial charge in [-0.05, 0) is 25.1 Å². The lowest BCUT2D eigenvalue weighted by atomic mass is 10.2. The van der Waals surface area contributed by atoms with Crippen LogP contribution < -0.4 is 9.47 Å². The van der Waals surface area contributed by atoms with Crippen LogP contribution in [0, 0.1) is 6.92 Å². The van der Waals surface area contributed by atoms with Gasteiger partial charge >= 0.3 is 11.5 Å². The molecule has 1 N–H and O–H groups in total. The second-order valence-corrected chi connectivity index (χ2v) is 7.70. The third-order valence-corrected chi connectivity index (χ3v) is 5.32. The largest absolute Gasteiger partial charge is 0.609 e. The average Bonchev–Trinajstić information content (AvgIpc) is 3.10. The molecule has 0 aliphatic rings. The molecule has 1 atom stereocenters. The molecule has 0 aliphatic heterocycles. The van der Waals surface area contributed by atoms with E-state index in [1.165, 1.54) is 6.07 Å². The maximum Gasteiger partial charge on any atom is 0.573 e. The summed E-state index contributed by atoms with van der Waals surface area (Å²) in [5, 5.41) is 0.141. The van der Waals surface area contributed by atoms with Gasteiger partial charge in [0, 0.05) is 49.1 Å². The standard InChI is InChI=1S/C19H20F3N3O4S/c1-12-16(23-7-6-17(12)28-9-3-8-27-2)11-30(26)18-24-14-5-4-13(10-15(14)25-18)29-19(20,21)22/h4-7,10H,3,8-9,11H2,1-2H3,(H,24,25)/t30-/m1/s1. The third-order valence-electron chi connectivity index (χ3n) is 4.16. The minimum atomic E-state index is -4.80. The summed E-state index contributed by atoms with van der Waals surface area (Å²) < 4.78 is 64.5. The summed E-state index contributed by atoms with van der Waals surface area (Å²) in [5.41, 5.74) is 2.02. The molecule has 30 heavy (non-hydrogen) atoms. The van der Waals surface area contributed by atoms with E-state index in [9.17, 15) is 17.7 Å². The Kier molecular flexibility index (Phi) is 7.06. The zero-order valence-corrected chi connectivity index (χ0v) is 17.1. The van der Waals surface area contributed by atoms with Crippen LogP contribution >= 0.6 is 0 Å². The summed E-state index contributed by atoms with van der Waals surface area (Å²) in [4.78, 5) is 11.3. The lowest BCUT2D eigenvalue weighted by Crippen LogP contribution is -2.16. The van der Waals surface area contributed by atoms with Crippen molar-refractivity contribution >= 4 is 22.2 Å². The molecule has 0 saturated carbocycles. The van der Waals surface area contributed by atoms with Crippen molar-refractivity contribution in [2.24, 2.45) is 0 Å². The van der Waals surface area contributed by atoms with E-state index in [4.69, 9.17) is 9.47 Å². The monoisotopic (exact) mass is 443 g/mol. The summed E-state index contributed by atoms with van der Waals surface area (Å²) in [6, 6.07) is 5.43. The van der Waals surface area contributed by atoms with Gasteiger partial charge in [-0.1, -0.05) is 0 Å². The van der Waals surface area contributed by atoms with Crippen molar-refractivity contribution < 1.29 is 31.9 Å². The molecule has 3 aromatic rings. The molecule has 2 aromatic heterocycles. The Morgan fingerprint density at radius 1 is 1.20 bits per heavy atom. The number of imidazole rings is 1. The number of H-pyrrole nitrogens is 1. The lowest BCUT2D eigenvalue weighted by Gasteiger charge is -2.12. The van der Waals surface area contributed by atoms with Crippen molar-refractivity contribution in [2.45, 2.75) is 30.6 Å². The van der Waals surface area contributed by atoms with Crippen LogP contribution in [0.3, 0.4) is 0 Å². The van der Waals surface area contributed by atoms with Crippen LogP contribution in [-0.2, 0) is 21.7 Å². The molecule has 0 amide bonds. The summed E-state index contributed by atoms with van der Waals surface area (Å²) in [5.74, 6) is 0.327. The van der Waals surface area contributed by atoms with E-state index in [0.29, 0.717) is 30.2 Å². The molecule has 162 valence electrons. The molecule has 0 saturated heterocycles. The number of aromatic amines is 1. The van der Waals surface area contributed by atoms with Gasteiger partial charge in [-0.25, -0.2) is 0 Å². The molecule has 0 bridgehead atoms. The van der Waals surface area contributed by atoms with Crippen molar-refractivity contribution in [3.63, 3.8) is 0 Å². The molecule has 0 fully saturated rings. The Morgan fingerprint density at radius 2 is 2.00 bits per heavy atom. The van der Waals surface area contributed by atoms with E-state index in [2.05, 4.69) is 19.7 Å². The number of nitrogens with zero attached hydrogens (tertiary/aromatic N) is 2. The Hall–Kier alpha value is -2.50. The highest BCUT2D eigenvalue weighted by molar-refractivity contribution is 7.90. The number of hydrogen-bond acceptors (Lipinski definition) is 6. The number of nitrogens with one attached hydrogen (secondary N) is 1. The zero-order chi connectivity index (χ0) is 21.7. The highest BCUT2D eigenvalue weighted by Gasteiger charge is 2.31. The smallest absolute Gasteiger partial charge is 0.573 e. The van der Waals surface area contributed by atoms with E-state index < -0.39 is 23.3 Å². The second kappa shape index (κ2) is 9.54. The first-order valence-corrected chi connectivity index (χ1v) is 10.3. The fraction of sp³-hybridized carbons (Fsp3) is 0.368. The maximum atomic E-state index is 12.8. The highest BCUT2D eigenvalue weighted by atomic mass is 32.2. The van der Waals surface area contributed by atoms with E-state index in [1.54, 1.807) is 19.4 Å². The summed E-state index contributed by atoms with van der Waals surface area (Å²) in [7, 11) is 1.62. The van der Waals surface area contributed by atoms with Gasteiger partial charge in [-0.15, -0.1) is 13.2 Å². The normalized spacial score (nSPS) is 12.9. The number of rotatable bonds is 9. The number of fused-ring (bicyclic) bond motifs is 1. The Labute approximate surface area is 173 Å². The molecule has 0 unspecified atom stereocenters.